The quantitative estimate of drug-likeness (QED) is 0.862. The molecule has 2 rings (SSSR count). The molecule has 0 aromatic heterocycles. The van der Waals surface area contributed by atoms with Gasteiger partial charge in [-0.3, -0.25) is 4.79 Å². The Morgan fingerprint density at radius 3 is 2.84 bits per heavy atom. The van der Waals surface area contributed by atoms with Gasteiger partial charge < -0.3 is 15.7 Å². The number of aromatic carboxylic acids is 1. The number of benzene rings is 1. The highest BCUT2D eigenvalue weighted by Gasteiger charge is 2.26. The van der Waals surface area contributed by atoms with Crippen molar-refractivity contribution in [2.75, 3.05) is 11.4 Å². The minimum Gasteiger partial charge on any atom is -0.478 e. The fourth-order valence-electron chi connectivity index (χ4n) is 2.47. The van der Waals surface area contributed by atoms with E-state index in [2.05, 4.69) is 0 Å². The first-order valence-corrected chi connectivity index (χ1v) is 6.42. The first-order valence-electron chi connectivity index (χ1n) is 6.42. The van der Waals surface area contributed by atoms with Crippen LogP contribution in [0, 0.1) is 0 Å². The number of carbonyl (C=O) groups excluding carboxylic acids is 1. The van der Waals surface area contributed by atoms with E-state index in [0.29, 0.717) is 13.0 Å². The van der Waals surface area contributed by atoms with Gasteiger partial charge in [0.25, 0.3) is 0 Å². The minimum atomic E-state index is -0.946. The monoisotopic (exact) mass is 262 g/mol. The highest BCUT2D eigenvalue weighted by atomic mass is 16.4. The number of carboxylic acid groups (broad SMARTS) is 1. The number of hydrogen-bond donors (Lipinski definition) is 2. The fourth-order valence-corrected chi connectivity index (χ4v) is 2.47. The van der Waals surface area contributed by atoms with Gasteiger partial charge in [-0.1, -0.05) is 6.07 Å². The molecular weight excluding hydrogens is 244 g/mol. The standard InChI is InChI=1S/C14H18N2O3/c1-9(15)8-13(17)16-7-3-5-10-11(14(18)19)4-2-6-12(10)16/h2,4,6,9H,3,5,7-8,15H2,1H3,(H,18,19). The highest BCUT2D eigenvalue weighted by molar-refractivity contribution is 5.98. The summed E-state index contributed by atoms with van der Waals surface area (Å²) in [5.74, 6) is -0.989. The summed E-state index contributed by atoms with van der Waals surface area (Å²) in [5.41, 5.74) is 7.41. The van der Waals surface area contributed by atoms with Crippen molar-refractivity contribution in [1.29, 1.82) is 0 Å². The third-order valence-corrected chi connectivity index (χ3v) is 3.28. The zero-order valence-electron chi connectivity index (χ0n) is 10.9. The molecule has 1 aromatic rings. The third-order valence-electron chi connectivity index (χ3n) is 3.28. The maximum absolute atomic E-state index is 12.2. The molecule has 0 aliphatic carbocycles. The van der Waals surface area contributed by atoms with Crippen molar-refractivity contribution in [3.63, 3.8) is 0 Å². The zero-order chi connectivity index (χ0) is 14.0. The molecule has 1 amide bonds. The number of fused-ring (bicyclic) bond motifs is 1. The van der Waals surface area contributed by atoms with Crippen molar-refractivity contribution in [2.24, 2.45) is 5.73 Å². The summed E-state index contributed by atoms with van der Waals surface area (Å²) < 4.78 is 0. The van der Waals surface area contributed by atoms with Crippen LogP contribution >= 0.6 is 0 Å². The molecule has 3 N–H and O–H groups in total. The van der Waals surface area contributed by atoms with E-state index < -0.39 is 5.97 Å². The molecule has 5 heteroatoms. The molecule has 0 fully saturated rings. The summed E-state index contributed by atoms with van der Waals surface area (Å²) in [7, 11) is 0. The van der Waals surface area contributed by atoms with Crippen LogP contribution in [0.2, 0.25) is 0 Å². The largest absolute Gasteiger partial charge is 0.478 e. The van der Waals surface area contributed by atoms with Crippen molar-refractivity contribution in [3.05, 3.63) is 29.3 Å². The molecule has 5 nitrogen and oxygen atoms in total. The lowest BCUT2D eigenvalue weighted by Gasteiger charge is -2.30. The van der Waals surface area contributed by atoms with Crippen LogP contribution in [0.1, 0.15) is 35.7 Å². The highest BCUT2D eigenvalue weighted by Crippen LogP contribution is 2.30. The number of rotatable bonds is 3. The summed E-state index contributed by atoms with van der Waals surface area (Å²) in [6.07, 6.45) is 1.75. The van der Waals surface area contributed by atoms with Crippen LogP contribution in [0.3, 0.4) is 0 Å². The van der Waals surface area contributed by atoms with Crippen LogP contribution in [0.5, 0.6) is 0 Å². The second kappa shape index (κ2) is 5.40. The Hall–Kier alpha value is -1.88. The smallest absolute Gasteiger partial charge is 0.336 e. The predicted octanol–water partition coefficient (Wildman–Crippen LogP) is 1.40. The second-order valence-corrected chi connectivity index (χ2v) is 4.94. The molecule has 1 atom stereocenters. The molecule has 1 aliphatic heterocycles. The van der Waals surface area contributed by atoms with Gasteiger partial charge in [-0.05, 0) is 37.5 Å². The molecule has 0 spiro atoms. The fraction of sp³-hybridized carbons (Fsp3) is 0.429. The van der Waals surface area contributed by atoms with Crippen molar-refractivity contribution < 1.29 is 14.7 Å². The Morgan fingerprint density at radius 2 is 2.21 bits per heavy atom. The van der Waals surface area contributed by atoms with Crippen LogP contribution < -0.4 is 10.6 Å². The van der Waals surface area contributed by atoms with E-state index in [0.717, 1.165) is 17.7 Å². The van der Waals surface area contributed by atoms with Gasteiger partial charge in [0.15, 0.2) is 0 Å². The van der Waals surface area contributed by atoms with E-state index in [-0.39, 0.29) is 23.9 Å². The molecule has 0 radical (unpaired) electrons. The lowest BCUT2D eigenvalue weighted by molar-refractivity contribution is -0.118. The molecule has 1 aliphatic rings. The first-order chi connectivity index (χ1) is 9.00. The van der Waals surface area contributed by atoms with E-state index in [4.69, 9.17) is 5.73 Å². The molecular formula is C14H18N2O3. The van der Waals surface area contributed by atoms with Crippen LogP contribution in [-0.4, -0.2) is 29.6 Å². The number of carboxylic acids is 1. The minimum absolute atomic E-state index is 0.0431. The van der Waals surface area contributed by atoms with Gasteiger partial charge in [0, 0.05) is 24.7 Å². The maximum atomic E-state index is 12.2. The molecule has 1 heterocycles. The lowest BCUT2D eigenvalue weighted by atomic mass is 9.96. The topological polar surface area (TPSA) is 83.6 Å². The summed E-state index contributed by atoms with van der Waals surface area (Å²) >= 11 is 0. The van der Waals surface area contributed by atoms with Gasteiger partial charge in [0.05, 0.1) is 5.56 Å². The summed E-state index contributed by atoms with van der Waals surface area (Å²) in [5, 5.41) is 9.19. The zero-order valence-corrected chi connectivity index (χ0v) is 10.9. The molecule has 0 saturated heterocycles. The van der Waals surface area contributed by atoms with Gasteiger partial charge in [0.1, 0.15) is 0 Å². The van der Waals surface area contributed by atoms with Crippen LogP contribution in [0.25, 0.3) is 0 Å². The molecule has 19 heavy (non-hydrogen) atoms. The number of carbonyl (C=O) groups is 2. The SMILES string of the molecule is CC(N)CC(=O)N1CCCc2c(C(=O)O)cccc21. The van der Waals surface area contributed by atoms with E-state index in [1.807, 2.05) is 0 Å². The van der Waals surface area contributed by atoms with Crippen LogP contribution in [-0.2, 0) is 11.2 Å². The molecule has 0 bridgehead atoms. The Labute approximate surface area is 112 Å². The maximum Gasteiger partial charge on any atom is 0.336 e. The van der Waals surface area contributed by atoms with Crippen LogP contribution in [0.15, 0.2) is 18.2 Å². The summed E-state index contributed by atoms with van der Waals surface area (Å²) in [6, 6.07) is 4.88. The van der Waals surface area contributed by atoms with E-state index >= 15 is 0 Å². The van der Waals surface area contributed by atoms with Gasteiger partial charge >= 0.3 is 5.97 Å². The van der Waals surface area contributed by atoms with Crippen LogP contribution in [0.4, 0.5) is 5.69 Å². The number of amides is 1. The predicted molar refractivity (Wildman–Crippen MR) is 72.3 cm³/mol. The van der Waals surface area contributed by atoms with E-state index in [1.54, 1.807) is 30.0 Å². The van der Waals surface area contributed by atoms with Crippen molar-refractivity contribution in [3.8, 4) is 0 Å². The van der Waals surface area contributed by atoms with Gasteiger partial charge in [0.2, 0.25) is 5.91 Å². The Kier molecular flexibility index (Phi) is 3.85. The Balaban J connectivity index is 2.37. The third kappa shape index (κ3) is 2.76. The summed E-state index contributed by atoms with van der Waals surface area (Å²) in [6.45, 7) is 2.41. The second-order valence-electron chi connectivity index (χ2n) is 4.94. The molecule has 102 valence electrons. The average Bonchev–Trinajstić information content (AvgIpc) is 2.36. The van der Waals surface area contributed by atoms with Gasteiger partial charge in [-0.15, -0.1) is 0 Å². The van der Waals surface area contributed by atoms with Gasteiger partial charge in [-0.2, -0.15) is 0 Å². The number of nitrogens with two attached hydrogens (primary N) is 1. The van der Waals surface area contributed by atoms with Crippen molar-refractivity contribution in [1.82, 2.24) is 0 Å². The average molecular weight is 262 g/mol. The number of anilines is 1. The normalized spacial score (nSPS) is 15.8. The first kappa shape index (κ1) is 13.5. The van der Waals surface area contributed by atoms with Crippen molar-refractivity contribution in [2.45, 2.75) is 32.2 Å². The Morgan fingerprint density at radius 1 is 1.47 bits per heavy atom. The number of nitrogens with zero attached hydrogens (tertiary/aromatic N) is 1. The lowest BCUT2D eigenvalue weighted by Crippen LogP contribution is -2.38. The van der Waals surface area contributed by atoms with Crippen molar-refractivity contribution >= 4 is 17.6 Å². The van der Waals surface area contributed by atoms with Gasteiger partial charge in [-0.25, -0.2) is 4.79 Å². The molecule has 1 unspecified atom stereocenters. The van der Waals surface area contributed by atoms with E-state index in [9.17, 15) is 14.7 Å². The Bertz CT molecular complexity index is 511. The molecule has 1 aromatic carbocycles. The summed E-state index contributed by atoms with van der Waals surface area (Å²) in [4.78, 5) is 25.0. The van der Waals surface area contributed by atoms with E-state index in [1.165, 1.54) is 0 Å². The number of hydrogen-bond acceptors (Lipinski definition) is 3. The molecule has 0 saturated carbocycles.